The lowest BCUT2D eigenvalue weighted by atomic mass is 10.1. The summed E-state index contributed by atoms with van der Waals surface area (Å²) in [6, 6.07) is 2.11. The molecule has 0 saturated heterocycles. The van der Waals surface area contributed by atoms with Gasteiger partial charge in [0.15, 0.2) is 0 Å². The van der Waals surface area contributed by atoms with Crippen LogP contribution in [0.15, 0.2) is 6.07 Å². The van der Waals surface area contributed by atoms with Crippen molar-refractivity contribution in [2.75, 3.05) is 17.7 Å². The first-order chi connectivity index (χ1) is 8.12. The Morgan fingerprint density at radius 1 is 1.24 bits per heavy atom. The van der Waals surface area contributed by atoms with Gasteiger partial charge >= 0.3 is 0 Å². The van der Waals surface area contributed by atoms with Gasteiger partial charge in [0.2, 0.25) is 0 Å². The molecule has 2 N–H and O–H groups in total. The van der Waals surface area contributed by atoms with Gasteiger partial charge in [-0.3, -0.25) is 0 Å². The van der Waals surface area contributed by atoms with Crippen LogP contribution in [0.3, 0.4) is 0 Å². The monoisotopic (exact) mass is 275 g/mol. The van der Waals surface area contributed by atoms with Crippen LogP contribution in [0.2, 0.25) is 10.0 Å². The van der Waals surface area contributed by atoms with E-state index in [1.165, 1.54) is 0 Å². The first kappa shape index (κ1) is 14.4. The third kappa shape index (κ3) is 3.93. The molecule has 1 aromatic rings. The predicted molar refractivity (Wildman–Crippen MR) is 76.4 cm³/mol. The fourth-order valence-electron chi connectivity index (χ4n) is 1.66. The summed E-state index contributed by atoms with van der Waals surface area (Å²) in [7, 11) is 1.79. The lowest BCUT2D eigenvalue weighted by Crippen LogP contribution is -2.19. The maximum Gasteiger partial charge on any atom is 0.147 e. The Hall–Kier alpha value is -0.670. The van der Waals surface area contributed by atoms with Gasteiger partial charge in [0.25, 0.3) is 0 Å². The Morgan fingerprint density at radius 2 is 1.88 bits per heavy atom. The van der Waals surface area contributed by atoms with Crippen LogP contribution in [0.25, 0.3) is 0 Å². The SMILES string of the molecule is CCCC(CC)Nc1nc(NC)c(Cl)cc1Cl. The molecule has 1 unspecified atom stereocenters. The second kappa shape index (κ2) is 6.92. The largest absolute Gasteiger partial charge is 0.372 e. The number of nitrogens with one attached hydrogen (secondary N) is 2. The number of aromatic nitrogens is 1. The van der Waals surface area contributed by atoms with Crippen molar-refractivity contribution in [1.82, 2.24) is 4.98 Å². The fraction of sp³-hybridized carbons (Fsp3) is 0.583. The van der Waals surface area contributed by atoms with Crippen molar-refractivity contribution >= 4 is 34.8 Å². The molecule has 96 valence electrons. The molecule has 0 aliphatic carbocycles. The molecule has 1 heterocycles. The van der Waals surface area contributed by atoms with Crippen LogP contribution >= 0.6 is 23.2 Å². The molecule has 17 heavy (non-hydrogen) atoms. The minimum absolute atomic E-state index is 0.399. The third-order valence-corrected chi connectivity index (χ3v) is 3.21. The highest BCUT2D eigenvalue weighted by atomic mass is 35.5. The molecule has 5 heteroatoms. The van der Waals surface area contributed by atoms with Crippen LogP contribution in [-0.2, 0) is 0 Å². The molecule has 0 saturated carbocycles. The molecule has 0 amide bonds. The smallest absolute Gasteiger partial charge is 0.147 e. The number of nitrogens with zero attached hydrogens (tertiary/aromatic N) is 1. The Balaban J connectivity index is 2.89. The topological polar surface area (TPSA) is 37.0 Å². The Morgan fingerprint density at radius 3 is 2.41 bits per heavy atom. The Labute approximate surface area is 113 Å². The minimum Gasteiger partial charge on any atom is -0.372 e. The molecule has 0 bridgehead atoms. The highest BCUT2D eigenvalue weighted by Crippen LogP contribution is 2.29. The molecule has 1 rings (SSSR count). The number of hydrogen-bond acceptors (Lipinski definition) is 3. The van der Waals surface area contributed by atoms with Crippen molar-refractivity contribution in [1.29, 1.82) is 0 Å². The molecule has 1 atom stereocenters. The number of rotatable bonds is 6. The van der Waals surface area contributed by atoms with Crippen LogP contribution in [0.5, 0.6) is 0 Å². The Bertz CT molecular complexity index is 369. The molecule has 0 spiro atoms. The lowest BCUT2D eigenvalue weighted by molar-refractivity contribution is 0.620. The third-order valence-electron chi connectivity index (χ3n) is 2.64. The van der Waals surface area contributed by atoms with E-state index in [2.05, 4.69) is 29.5 Å². The van der Waals surface area contributed by atoms with Crippen LogP contribution in [0, 0.1) is 0 Å². The molecule has 0 fully saturated rings. The predicted octanol–water partition coefficient (Wildman–Crippen LogP) is 4.42. The Kier molecular flexibility index (Phi) is 5.86. The van der Waals surface area contributed by atoms with E-state index in [-0.39, 0.29) is 0 Å². The van der Waals surface area contributed by atoms with Gasteiger partial charge in [-0.15, -0.1) is 0 Å². The van der Waals surface area contributed by atoms with Gasteiger partial charge in [-0.25, -0.2) is 4.98 Å². The van der Waals surface area contributed by atoms with E-state index in [4.69, 9.17) is 23.2 Å². The fourth-order valence-corrected chi connectivity index (χ4v) is 2.17. The highest BCUT2D eigenvalue weighted by molar-refractivity contribution is 6.37. The van der Waals surface area contributed by atoms with Gasteiger partial charge in [0, 0.05) is 13.1 Å². The number of halogens is 2. The average Bonchev–Trinajstić information content (AvgIpc) is 2.31. The molecule has 0 aliphatic rings. The van der Waals surface area contributed by atoms with Crippen molar-refractivity contribution in [2.45, 2.75) is 39.2 Å². The van der Waals surface area contributed by atoms with Gasteiger partial charge in [0.1, 0.15) is 11.6 Å². The normalized spacial score (nSPS) is 12.3. The standard InChI is InChI=1S/C12H19Cl2N3/c1-4-6-8(5-2)16-12-10(14)7-9(13)11(15-3)17-12/h7-8H,4-6H2,1-3H3,(H2,15,16,17). The molecule has 3 nitrogen and oxygen atoms in total. The summed E-state index contributed by atoms with van der Waals surface area (Å²) >= 11 is 12.1. The van der Waals surface area contributed by atoms with Crippen molar-refractivity contribution < 1.29 is 0 Å². The van der Waals surface area contributed by atoms with E-state index in [1.54, 1.807) is 13.1 Å². The highest BCUT2D eigenvalue weighted by Gasteiger charge is 2.11. The molecule has 0 radical (unpaired) electrons. The van der Waals surface area contributed by atoms with Gasteiger partial charge in [0.05, 0.1) is 10.0 Å². The quantitative estimate of drug-likeness (QED) is 0.807. The first-order valence-electron chi connectivity index (χ1n) is 5.92. The van der Waals surface area contributed by atoms with E-state index < -0.39 is 0 Å². The summed E-state index contributed by atoms with van der Waals surface area (Å²) in [5, 5.41) is 7.40. The van der Waals surface area contributed by atoms with Crippen LogP contribution in [0.1, 0.15) is 33.1 Å². The number of anilines is 2. The van der Waals surface area contributed by atoms with E-state index in [0.29, 0.717) is 27.7 Å². The minimum atomic E-state index is 0.399. The lowest BCUT2D eigenvalue weighted by Gasteiger charge is -2.18. The van der Waals surface area contributed by atoms with Gasteiger partial charge in [-0.2, -0.15) is 0 Å². The van der Waals surface area contributed by atoms with E-state index in [1.807, 2.05) is 0 Å². The summed E-state index contributed by atoms with van der Waals surface area (Å²) in [5.41, 5.74) is 0. The van der Waals surface area contributed by atoms with E-state index >= 15 is 0 Å². The number of hydrogen-bond donors (Lipinski definition) is 2. The molecular weight excluding hydrogens is 257 g/mol. The number of pyridine rings is 1. The zero-order valence-electron chi connectivity index (χ0n) is 10.5. The summed E-state index contributed by atoms with van der Waals surface area (Å²) in [6.45, 7) is 4.32. The van der Waals surface area contributed by atoms with Gasteiger partial charge in [-0.1, -0.05) is 43.5 Å². The zero-order chi connectivity index (χ0) is 12.8. The summed E-state index contributed by atoms with van der Waals surface area (Å²) in [6.07, 6.45) is 3.28. The maximum atomic E-state index is 6.12. The van der Waals surface area contributed by atoms with Crippen molar-refractivity contribution in [3.8, 4) is 0 Å². The van der Waals surface area contributed by atoms with Crippen LogP contribution in [-0.4, -0.2) is 18.1 Å². The van der Waals surface area contributed by atoms with E-state index in [9.17, 15) is 0 Å². The second-order valence-corrected chi connectivity index (χ2v) is 4.75. The maximum absolute atomic E-state index is 6.12. The average molecular weight is 276 g/mol. The first-order valence-corrected chi connectivity index (χ1v) is 6.68. The van der Waals surface area contributed by atoms with Crippen molar-refractivity contribution in [3.63, 3.8) is 0 Å². The summed E-state index contributed by atoms with van der Waals surface area (Å²) in [4.78, 5) is 4.37. The van der Waals surface area contributed by atoms with Crippen LogP contribution < -0.4 is 10.6 Å². The second-order valence-electron chi connectivity index (χ2n) is 3.94. The zero-order valence-corrected chi connectivity index (χ0v) is 12.0. The van der Waals surface area contributed by atoms with Gasteiger partial charge < -0.3 is 10.6 Å². The van der Waals surface area contributed by atoms with E-state index in [0.717, 1.165) is 19.3 Å². The molecule has 1 aromatic heterocycles. The molecule has 0 aromatic carbocycles. The molecule has 0 aliphatic heterocycles. The molecular formula is C12H19Cl2N3. The van der Waals surface area contributed by atoms with Crippen molar-refractivity contribution in [2.24, 2.45) is 0 Å². The van der Waals surface area contributed by atoms with Gasteiger partial charge in [-0.05, 0) is 18.9 Å². The van der Waals surface area contributed by atoms with Crippen LogP contribution in [0.4, 0.5) is 11.6 Å². The van der Waals surface area contributed by atoms with Crippen molar-refractivity contribution in [3.05, 3.63) is 16.1 Å². The summed E-state index contributed by atoms with van der Waals surface area (Å²) in [5.74, 6) is 1.34. The summed E-state index contributed by atoms with van der Waals surface area (Å²) < 4.78 is 0.